The summed E-state index contributed by atoms with van der Waals surface area (Å²) in [5, 5.41) is 0. The van der Waals surface area contributed by atoms with Crippen LogP contribution in [-0.4, -0.2) is 36.1 Å². The first-order chi connectivity index (χ1) is 14.9. The van der Waals surface area contributed by atoms with Crippen LogP contribution in [0.4, 0.5) is 14.5 Å². The number of hydrogen-bond acceptors (Lipinski definition) is 6. The molecule has 0 bridgehead atoms. The molecule has 2 aromatic heterocycles. The number of rotatable bonds is 4. The van der Waals surface area contributed by atoms with E-state index in [1.807, 2.05) is 17.0 Å². The lowest BCUT2D eigenvalue weighted by Gasteiger charge is -2.42. The number of benzene rings is 1. The first kappa shape index (κ1) is 20.9. The normalized spacial score (nSPS) is 18.6. The van der Waals surface area contributed by atoms with Gasteiger partial charge in [0.05, 0.1) is 35.8 Å². The molecule has 2 N–H and O–H groups in total. The number of ether oxygens (including phenoxy) is 1. The number of carbonyl (C=O) groups is 1. The second-order valence-electron chi connectivity index (χ2n) is 7.63. The summed E-state index contributed by atoms with van der Waals surface area (Å²) in [6, 6.07) is 8.81. The first-order valence-corrected chi connectivity index (χ1v) is 9.89. The smallest absolute Gasteiger partial charge is 0.340 e. The number of pyridine rings is 2. The summed E-state index contributed by atoms with van der Waals surface area (Å²) in [7, 11) is 1.29. The quantitative estimate of drug-likeness (QED) is 0.644. The maximum Gasteiger partial charge on any atom is 0.340 e. The summed E-state index contributed by atoms with van der Waals surface area (Å²) in [5.41, 5.74) is 8.58. The van der Waals surface area contributed by atoms with E-state index in [2.05, 4.69) is 9.97 Å². The third kappa shape index (κ3) is 4.11. The molecule has 3 heterocycles. The zero-order chi connectivity index (χ0) is 22.0. The van der Waals surface area contributed by atoms with Crippen molar-refractivity contribution < 1.29 is 18.3 Å². The monoisotopic (exact) mass is 424 g/mol. The third-order valence-corrected chi connectivity index (χ3v) is 5.60. The molecule has 1 fully saturated rings. The number of hydrogen-bond donors (Lipinski definition) is 1. The fourth-order valence-electron chi connectivity index (χ4n) is 3.97. The second-order valence-corrected chi connectivity index (χ2v) is 7.63. The van der Waals surface area contributed by atoms with E-state index >= 15 is 0 Å². The van der Waals surface area contributed by atoms with Crippen molar-refractivity contribution >= 4 is 11.7 Å². The van der Waals surface area contributed by atoms with E-state index in [1.54, 1.807) is 18.6 Å². The van der Waals surface area contributed by atoms with Crippen LogP contribution < -0.4 is 10.6 Å². The van der Waals surface area contributed by atoms with Crippen LogP contribution >= 0.6 is 0 Å². The Morgan fingerprint density at radius 1 is 1.19 bits per heavy atom. The van der Waals surface area contributed by atoms with Crippen LogP contribution in [0.1, 0.15) is 28.8 Å². The highest BCUT2D eigenvalue weighted by Crippen LogP contribution is 2.34. The molecule has 4 rings (SSSR count). The third-order valence-electron chi connectivity index (χ3n) is 5.60. The second kappa shape index (κ2) is 8.39. The van der Waals surface area contributed by atoms with E-state index in [0.29, 0.717) is 30.0 Å². The van der Waals surface area contributed by atoms with E-state index in [4.69, 9.17) is 10.5 Å². The molecule has 1 aliphatic rings. The molecule has 0 radical (unpaired) electrons. The standard InChI is InChI=1S/C23H22F2N4O2/c1-31-22(30)17-11-20(15-5-6-18(24)19(25)10-15)28-13-21(17)29-9-3-7-23(26,14-29)16-4-2-8-27-12-16/h2,4-6,8,10-13H,3,7,9,14,26H2,1H3. The average molecular weight is 424 g/mol. The van der Waals surface area contributed by atoms with Crippen LogP contribution in [0.5, 0.6) is 0 Å². The van der Waals surface area contributed by atoms with Gasteiger partial charge in [-0.05, 0) is 48.7 Å². The molecule has 0 aliphatic carbocycles. The van der Waals surface area contributed by atoms with Gasteiger partial charge in [-0.2, -0.15) is 0 Å². The van der Waals surface area contributed by atoms with E-state index in [0.717, 1.165) is 30.5 Å². The van der Waals surface area contributed by atoms with Crippen molar-refractivity contribution in [2.75, 3.05) is 25.1 Å². The number of esters is 1. The van der Waals surface area contributed by atoms with E-state index < -0.39 is 23.1 Å². The van der Waals surface area contributed by atoms with E-state index in [9.17, 15) is 13.6 Å². The molecular weight excluding hydrogens is 402 g/mol. The molecule has 8 heteroatoms. The summed E-state index contributed by atoms with van der Waals surface area (Å²) in [4.78, 5) is 23.1. The van der Waals surface area contributed by atoms with Gasteiger partial charge in [0.25, 0.3) is 0 Å². The number of aromatic nitrogens is 2. The lowest BCUT2D eigenvalue weighted by molar-refractivity contribution is 0.0601. The fraction of sp³-hybridized carbons (Fsp3) is 0.261. The van der Waals surface area contributed by atoms with Crippen LogP contribution in [0, 0.1) is 11.6 Å². The molecular formula is C23H22F2N4O2. The van der Waals surface area contributed by atoms with Crippen molar-refractivity contribution in [3.63, 3.8) is 0 Å². The van der Waals surface area contributed by atoms with E-state index in [-0.39, 0.29) is 5.56 Å². The summed E-state index contributed by atoms with van der Waals surface area (Å²) in [6.07, 6.45) is 6.61. The van der Waals surface area contributed by atoms with Crippen molar-refractivity contribution in [1.29, 1.82) is 0 Å². The minimum absolute atomic E-state index is 0.285. The number of piperidine rings is 1. The average Bonchev–Trinajstić information content (AvgIpc) is 2.80. The Hall–Kier alpha value is -3.39. The Morgan fingerprint density at radius 3 is 2.74 bits per heavy atom. The highest BCUT2D eigenvalue weighted by molar-refractivity contribution is 5.97. The van der Waals surface area contributed by atoms with Gasteiger partial charge < -0.3 is 15.4 Å². The Morgan fingerprint density at radius 2 is 2.03 bits per heavy atom. The Labute approximate surface area is 178 Å². The lowest BCUT2D eigenvalue weighted by Crippen LogP contribution is -2.52. The number of halogens is 2. The largest absolute Gasteiger partial charge is 0.465 e. The van der Waals surface area contributed by atoms with Crippen molar-refractivity contribution in [3.05, 3.63) is 77.8 Å². The maximum atomic E-state index is 13.7. The van der Waals surface area contributed by atoms with Crippen LogP contribution in [-0.2, 0) is 10.3 Å². The Kier molecular flexibility index (Phi) is 5.65. The highest BCUT2D eigenvalue weighted by Gasteiger charge is 2.35. The molecule has 1 atom stereocenters. The van der Waals surface area contributed by atoms with Gasteiger partial charge in [0.2, 0.25) is 0 Å². The first-order valence-electron chi connectivity index (χ1n) is 9.89. The molecule has 1 unspecified atom stereocenters. The minimum atomic E-state index is -0.983. The SMILES string of the molecule is COC(=O)c1cc(-c2ccc(F)c(F)c2)ncc1N1CCCC(N)(c2cccnc2)C1. The van der Waals surface area contributed by atoms with Gasteiger partial charge in [0.15, 0.2) is 11.6 Å². The Bertz CT molecular complexity index is 1110. The van der Waals surface area contributed by atoms with Crippen molar-refractivity contribution in [2.45, 2.75) is 18.4 Å². The number of nitrogens with two attached hydrogens (primary N) is 1. The summed E-state index contributed by atoms with van der Waals surface area (Å²) in [6.45, 7) is 1.16. The molecule has 0 amide bonds. The van der Waals surface area contributed by atoms with Gasteiger partial charge in [0, 0.05) is 31.0 Å². The predicted molar refractivity (Wildman–Crippen MR) is 112 cm³/mol. The van der Waals surface area contributed by atoms with Gasteiger partial charge in [-0.1, -0.05) is 6.07 Å². The molecule has 1 aromatic carbocycles. The van der Waals surface area contributed by atoms with Crippen LogP contribution in [0.25, 0.3) is 11.3 Å². The molecule has 1 saturated heterocycles. The fourth-order valence-corrected chi connectivity index (χ4v) is 3.97. The van der Waals surface area contributed by atoms with Crippen molar-refractivity contribution in [2.24, 2.45) is 5.73 Å². The van der Waals surface area contributed by atoms with E-state index in [1.165, 1.54) is 19.2 Å². The van der Waals surface area contributed by atoms with Gasteiger partial charge in [-0.15, -0.1) is 0 Å². The maximum absolute atomic E-state index is 13.7. The number of carbonyl (C=O) groups excluding carboxylic acids is 1. The predicted octanol–water partition coefficient (Wildman–Crippen LogP) is 3.66. The number of methoxy groups -OCH3 is 1. The van der Waals surface area contributed by atoms with Gasteiger partial charge >= 0.3 is 5.97 Å². The molecule has 1 aliphatic heterocycles. The molecule has 0 spiro atoms. The molecule has 31 heavy (non-hydrogen) atoms. The summed E-state index contributed by atoms with van der Waals surface area (Å²) >= 11 is 0. The van der Waals surface area contributed by atoms with Crippen molar-refractivity contribution in [3.8, 4) is 11.3 Å². The van der Waals surface area contributed by atoms with Gasteiger partial charge in [-0.3, -0.25) is 9.97 Å². The minimum Gasteiger partial charge on any atom is -0.465 e. The van der Waals surface area contributed by atoms with Gasteiger partial charge in [0.1, 0.15) is 0 Å². The van der Waals surface area contributed by atoms with Crippen molar-refractivity contribution in [1.82, 2.24) is 9.97 Å². The van der Waals surface area contributed by atoms with Gasteiger partial charge in [-0.25, -0.2) is 13.6 Å². The molecule has 6 nitrogen and oxygen atoms in total. The molecule has 3 aromatic rings. The lowest BCUT2D eigenvalue weighted by atomic mass is 9.83. The zero-order valence-electron chi connectivity index (χ0n) is 17.0. The molecule has 0 saturated carbocycles. The summed E-state index contributed by atoms with van der Waals surface area (Å²) in [5.74, 6) is -2.48. The Balaban J connectivity index is 1.72. The molecule has 160 valence electrons. The summed E-state index contributed by atoms with van der Waals surface area (Å²) < 4.78 is 32.0. The van der Waals surface area contributed by atoms with Crippen LogP contribution in [0.15, 0.2) is 55.0 Å². The number of anilines is 1. The highest BCUT2D eigenvalue weighted by atomic mass is 19.2. The van der Waals surface area contributed by atoms with Crippen LogP contribution in [0.2, 0.25) is 0 Å². The zero-order valence-corrected chi connectivity index (χ0v) is 17.0. The number of nitrogens with zero attached hydrogens (tertiary/aromatic N) is 3. The topological polar surface area (TPSA) is 81.3 Å². The van der Waals surface area contributed by atoms with Crippen LogP contribution in [0.3, 0.4) is 0 Å².